The fraction of sp³-hybridized carbons (Fsp3) is 0.138. The Bertz CT molecular complexity index is 1230. The minimum absolute atomic E-state index is 0.0217. The lowest BCUT2D eigenvalue weighted by molar-refractivity contribution is 0.0668. The number of amides is 1. The van der Waals surface area contributed by atoms with Gasteiger partial charge in [-0.3, -0.25) is 4.79 Å². The number of carbonyl (C=O) groups is 1. The molecule has 4 aromatic carbocycles. The molecule has 1 aliphatic rings. The van der Waals surface area contributed by atoms with Gasteiger partial charge in [-0.25, -0.2) is 4.39 Å². The molecule has 0 heterocycles. The molecule has 0 atom stereocenters. The summed E-state index contributed by atoms with van der Waals surface area (Å²) in [6.07, 6.45) is 1.62. The Morgan fingerprint density at radius 2 is 1.44 bits per heavy atom. The lowest BCUT2D eigenvalue weighted by Crippen LogP contribution is -2.40. The Morgan fingerprint density at radius 3 is 2.16 bits per heavy atom. The SMILES string of the molecule is O=C(c1ccccc1-c1ccccc1)N(Cc1cccc(F)c1)C1Cc2ccccc2C1. The average molecular weight is 422 g/mol. The molecule has 4 aromatic rings. The maximum atomic E-state index is 14.0. The van der Waals surface area contributed by atoms with Crippen LogP contribution in [-0.2, 0) is 19.4 Å². The molecular weight excluding hydrogens is 397 g/mol. The lowest BCUT2D eigenvalue weighted by Gasteiger charge is -2.30. The third-order valence-electron chi connectivity index (χ3n) is 6.22. The molecule has 0 radical (unpaired) electrons. The minimum atomic E-state index is -0.283. The summed E-state index contributed by atoms with van der Waals surface area (Å²) in [4.78, 5) is 15.9. The molecule has 0 N–H and O–H groups in total. The Balaban J connectivity index is 1.53. The molecule has 0 spiro atoms. The van der Waals surface area contributed by atoms with E-state index in [9.17, 15) is 9.18 Å². The number of rotatable bonds is 5. The van der Waals surface area contributed by atoms with E-state index in [1.807, 2.05) is 77.7 Å². The predicted octanol–water partition coefficient (Wildman–Crippen LogP) is 6.30. The van der Waals surface area contributed by atoms with Gasteiger partial charge in [-0.2, -0.15) is 0 Å². The molecule has 5 rings (SSSR count). The Kier molecular flexibility index (Phi) is 5.55. The van der Waals surface area contributed by atoms with E-state index >= 15 is 0 Å². The van der Waals surface area contributed by atoms with Crippen LogP contribution in [-0.4, -0.2) is 16.8 Å². The zero-order valence-corrected chi connectivity index (χ0v) is 17.7. The van der Waals surface area contributed by atoms with Gasteiger partial charge in [0.15, 0.2) is 0 Å². The minimum Gasteiger partial charge on any atom is -0.331 e. The summed E-state index contributed by atoms with van der Waals surface area (Å²) in [6, 6.07) is 32.7. The van der Waals surface area contributed by atoms with Crippen molar-refractivity contribution in [2.45, 2.75) is 25.4 Å². The van der Waals surface area contributed by atoms with E-state index in [1.54, 1.807) is 6.07 Å². The highest BCUT2D eigenvalue weighted by Crippen LogP contribution is 2.30. The Morgan fingerprint density at radius 1 is 0.781 bits per heavy atom. The van der Waals surface area contributed by atoms with Crippen molar-refractivity contribution in [3.63, 3.8) is 0 Å². The van der Waals surface area contributed by atoms with Crippen molar-refractivity contribution in [3.05, 3.63) is 131 Å². The summed E-state index contributed by atoms with van der Waals surface area (Å²) in [6.45, 7) is 0.373. The number of hydrogen-bond donors (Lipinski definition) is 0. The summed E-state index contributed by atoms with van der Waals surface area (Å²) in [5.41, 5.74) is 5.96. The topological polar surface area (TPSA) is 20.3 Å². The fourth-order valence-corrected chi connectivity index (χ4v) is 4.65. The molecule has 0 saturated heterocycles. The van der Waals surface area contributed by atoms with E-state index in [4.69, 9.17) is 0 Å². The number of hydrogen-bond acceptors (Lipinski definition) is 1. The first kappa shape index (κ1) is 20.2. The van der Waals surface area contributed by atoms with Gasteiger partial charge in [-0.1, -0.05) is 84.9 Å². The van der Waals surface area contributed by atoms with Crippen molar-refractivity contribution >= 4 is 5.91 Å². The quantitative estimate of drug-likeness (QED) is 0.370. The van der Waals surface area contributed by atoms with Gasteiger partial charge < -0.3 is 4.90 Å². The van der Waals surface area contributed by atoms with Gasteiger partial charge in [-0.15, -0.1) is 0 Å². The maximum Gasteiger partial charge on any atom is 0.255 e. The normalized spacial score (nSPS) is 13.0. The molecule has 0 unspecified atom stereocenters. The maximum absolute atomic E-state index is 14.0. The summed E-state index contributed by atoms with van der Waals surface area (Å²) in [5.74, 6) is -0.305. The predicted molar refractivity (Wildman–Crippen MR) is 126 cm³/mol. The van der Waals surface area contributed by atoms with Crippen LogP contribution in [0.15, 0.2) is 103 Å². The van der Waals surface area contributed by atoms with Crippen LogP contribution < -0.4 is 0 Å². The zero-order chi connectivity index (χ0) is 21.9. The van der Waals surface area contributed by atoms with Crippen molar-refractivity contribution in [1.29, 1.82) is 0 Å². The molecule has 0 aromatic heterocycles. The van der Waals surface area contributed by atoms with E-state index in [-0.39, 0.29) is 17.8 Å². The van der Waals surface area contributed by atoms with Crippen molar-refractivity contribution in [2.75, 3.05) is 0 Å². The summed E-state index contributed by atoms with van der Waals surface area (Å²) in [7, 11) is 0. The molecule has 3 heteroatoms. The first-order chi connectivity index (χ1) is 15.7. The summed E-state index contributed by atoms with van der Waals surface area (Å²) in [5, 5.41) is 0. The first-order valence-electron chi connectivity index (χ1n) is 11.0. The molecule has 0 fully saturated rings. The second-order valence-corrected chi connectivity index (χ2v) is 8.31. The van der Waals surface area contributed by atoms with Crippen molar-refractivity contribution in [3.8, 4) is 11.1 Å². The number of halogens is 1. The zero-order valence-electron chi connectivity index (χ0n) is 17.7. The van der Waals surface area contributed by atoms with E-state index in [2.05, 4.69) is 12.1 Å². The molecule has 0 bridgehead atoms. The highest BCUT2D eigenvalue weighted by atomic mass is 19.1. The Labute approximate surface area is 188 Å². The van der Waals surface area contributed by atoms with Gasteiger partial charge in [0.25, 0.3) is 5.91 Å². The van der Waals surface area contributed by atoms with Gasteiger partial charge in [0.2, 0.25) is 0 Å². The number of carbonyl (C=O) groups excluding carboxylic acids is 1. The van der Waals surface area contributed by atoms with Crippen molar-refractivity contribution in [1.82, 2.24) is 4.90 Å². The van der Waals surface area contributed by atoms with Gasteiger partial charge in [0, 0.05) is 18.2 Å². The number of fused-ring (bicyclic) bond motifs is 1. The number of benzene rings is 4. The lowest BCUT2D eigenvalue weighted by atomic mass is 9.98. The van der Waals surface area contributed by atoms with Gasteiger partial charge in [0.1, 0.15) is 5.82 Å². The molecule has 0 saturated carbocycles. The molecule has 0 aliphatic heterocycles. The summed E-state index contributed by atoms with van der Waals surface area (Å²) >= 11 is 0. The van der Waals surface area contributed by atoms with Crippen molar-refractivity contribution < 1.29 is 9.18 Å². The molecule has 158 valence electrons. The Hall–Kier alpha value is -3.72. The van der Waals surface area contributed by atoms with Crippen LogP contribution in [0.4, 0.5) is 4.39 Å². The third-order valence-corrected chi connectivity index (χ3v) is 6.22. The van der Waals surface area contributed by atoms with Gasteiger partial charge in [0.05, 0.1) is 0 Å². The van der Waals surface area contributed by atoms with Crippen molar-refractivity contribution in [2.24, 2.45) is 0 Å². The van der Waals surface area contributed by atoms with E-state index in [0.717, 1.165) is 29.5 Å². The molecule has 1 aliphatic carbocycles. The first-order valence-corrected chi connectivity index (χ1v) is 11.0. The van der Waals surface area contributed by atoms with E-state index in [0.29, 0.717) is 12.1 Å². The van der Waals surface area contributed by atoms with Crippen LogP contribution in [0.2, 0.25) is 0 Å². The highest BCUT2D eigenvalue weighted by molar-refractivity contribution is 6.01. The number of nitrogens with zero attached hydrogens (tertiary/aromatic N) is 1. The van der Waals surface area contributed by atoms with Gasteiger partial charge in [-0.05, 0) is 58.9 Å². The standard InChI is InChI=1S/C29H24FNO/c30-25-14-8-9-21(17-25)20-31(26-18-23-12-4-5-13-24(23)19-26)29(32)28-16-7-6-15-27(28)22-10-2-1-3-11-22/h1-17,26H,18-20H2. The monoisotopic (exact) mass is 421 g/mol. The van der Waals surface area contributed by atoms with Crippen LogP contribution >= 0.6 is 0 Å². The van der Waals surface area contributed by atoms with E-state index < -0.39 is 0 Å². The van der Waals surface area contributed by atoms with Crippen LogP contribution in [0.3, 0.4) is 0 Å². The van der Waals surface area contributed by atoms with Gasteiger partial charge >= 0.3 is 0 Å². The molecule has 1 amide bonds. The average Bonchev–Trinajstić information content (AvgIpc) is 3.27. The largest absolute Gasteiger partial charge is 0.331 e. The fourth-order valence-electron chi connectivity index (χ4n) is 4.65. The van der Waals surface area contributed by atoms with Crippen LogP contribution in [0.1, 0.15) is 27.0 Å². The molecular formula is C29H24FNO. The molecule has 2 nitrogen and oxygen atoms in total. The van der Waals surface area contributed by atoms with Crippen LogP contribution in [0.5, 0.6) is 0 Å². The second-order valence-electron chi connectivity index (χ2n) is 8.31. The third kappa shape index (κ3) is 4.06. The second kappa shape index (κ2) is 8.80. The van der Waals surface area contributed by atoms with E-state index in [1.165, 1.54) is 23.3 Å². The molecule has 32 heavy (non-hydrogen) atoms. The van der Waals surface area contributed by atoms with Crippen LogP contribution in [0.25, 0.3) is 11.1 Å². The highest BCUT2D eigenvalue weighted by Gasteiger charge is 2.31. The smallest absolute Gasteiger partial charge is 0.255 e. The summed E-state index contributed by atoms with van der Waals surface area (Å²) < 4.78 is 13.9. The van der Waals surface area contributed by atoms with Crippen LogP contribution in [0, 0.1) is 5.82 Å².